The minimum atomic E-state index is 0.735. The molecule has 1 N–H and O–H groups in total. The first-order valence-corrected chi connectivity index (χ1v) is 5.22. The van der Waals surface area contributed by atoms with Gasteiger partial charge in [-0.2, -0.15) is 0 Å². The molecule has 3 heteroatoms. The number of hydrogen-bond acceptors (Lipinski definition) is 3. The summed E-state index contributed by atoms with van der Waals surface area (Å²) in [7, 11) is 0. The summed E-state index contributed by atoms with van der Waals surface area (Å²) < 4.78 is 5.18. The molecule has 0 aliphatic rings. The number of pyridine rings is 1. The Morgan fingerprint density at radius 1 is 1.38 bits per heavy atom. The van der Waals surface area contributed by atoms with Crippen LogP contribution in [-0.4, -0.2) is 11.5 Å². The number of aryl methyl sites for hydroxylation is 1. The first-order valence-electron chi connectivity index (χ1n) is 5.22. The van der Waals surface area contributed by atoms with Crippen LogP contribution in [0.5, 0.6) is 0 Å². The minimum Gasteiger partial charge on any atom is -0.465 e. The van der Waals surface area contributed by atoms with Crippen LogP contribution in [0.15, 0.2) is 47.2 Å². The molecule has 2 aromatic heterocycles. The van der Waals surface area contributed by atoms with E-state index >= 15 is 0 Å². The van der Waals surface area contributed by atoms with Gasteiger partial charge in [-0.1, -0.05) is 12.1 Å². The summed E-state index contributed by atoms with van der Waals surface area (Å²) in [6.07, 6.45) is 7.39. The van der Waals surface area contributed by atoms with Crippen LogP contribution in [0, 0.1) is 6.92 Å². The highest BCUT2D eigenvalue weighted by atomic mass is 16.3. The molecule has 0 atom stereocenters. The number of anilines is 1. The Morgan fingerprint density at radius 2 is 2.31 bits per heavy atom. The molecule has 16 heavy (non-hydrogen) atoms. The second-order valence-corrected chi connectivity index (χ2v) is 3.47. The van der Waals surface area contributed by atoms with Crippen molar-refractivity contribution in [2.75, 3.05) is 11.9 Å². The van der Waals surface area contributed by atoms with Crippen LogP contribution in [0.1, 0.15) is 11.3 Å². The summed E-state index contributed by atoms with van der Waals surface area (Å²) in [5.74, 6) is 1.78. The third kappa shape index (κ3) is 2.73. The first-order chi connectivity index (χ1) is 7.86. The topological polar surface area (TPSA) is 38.1 Å². The highest BCUT2D eigenvalue weighted by Gasteiger charge is 1.94. The highest BCUT2D eigenvalue weighted by Crippen LogP contribution is 2.08. The van der Waals surface area contributed by atoms with Crippen molar-refractivity contribution in [2.45, 2.75) is 6.92 Å². The molecule has 0 bridgehead atoms. The van der Waals surface area contributed by atoms with Crippen molar-refractivity contribution in [3.63, 3.8) is 0 Å². The van der Waals surface area contributed by atoms with Crippen LogP contribution in [0.25, 0.3) is 6.08 Å². The zero-order valence-corrected chi connectivity index (χ0v) is 9.18. The van der Waals surface area contributed by atoms with E-state index < -0.39 is 0 Å². The van der Waals surface area contributed by atoms with Crippen molar-refractivity contribution in [1.82, 2.24) is 4.98 Å². The number of nitrogens with zero attached hydrogens (tertiary/aromatic N) is 1. The normalized spacial score (nSPS) is 10.8. The number of hydrogen-bond donors (Lipinski definition) is 1. The summed E-state index contributed by atoms with van der Waals surface area (Å²) in [6, 6.07) is 7.75. The molecule has 0 unspecified atom stereocenters. The predicted molar refractivity (Wildman–Crippen MR) is 65.2 cm³/mol. The Kier molecular flexibility index (Phi) is 3.38. The van der Waals surface area contributed by atoms with Crippen LogP contribution in [0.4, 0.5) is 5.82 Å². The maximum absolute atomic E-state index is 5.18. The molecule has 82 valence electrons. The van der Waals surface area contributed by atoms with Gasteiger partial charge in [0.1, 0.15) is 11.6 Å². The van der Waals surface area contributed by atoms with E-state index in [0.717, 1.165) is 23.7 Å². The number of rotatable bonds is 4. The molecule has 0 saturated heterocycles. The minimum absolute atomic E-state index is 0.735. The maximum Gasteiger partial charge on any atom is 0.129 e. The van der Waals surface area contributed by atoms with Gasteiger partial charge in [-0.3, -0.25) is 0 Å². The lowest BCUT2D eigenvalue weighted by molar-refractivity contribution is 0.557. The molecule has 0 aliphatic heterocycles. The van der Waals surface area contributed by atoms with Gasteiger partial charge >= 0.3 is 0 Å². The molecule has 2 aromatic rings. The Hall–Kier alpha value is -2.03. The fourth-order valence-electron chi connectivity index (χ4n) is 1.39. The molecule has 0 saturated carbocycles. The van der Waals surface area contributed by atoms with Gasteiger partial charge in [-0.05, 0) is 36.8 Å². The van der Waals surface area contributed by atoms with Crippen LogP contribution in [-0.2, 0) is 0 Å². The second kappa shape index (κ2) is 5.16. The van der Waals surface area contributed by atoms with Crippen molar-refractivity contribution in [3.8, 4) is 0 Å². The lowest BCUT2D eigenvalue weighted by Gasteiger charge is -2.04. The molecule has 2 rings (SSSR count). The molecule has 0 radical (unpaired) electrons. The lowest BCUT2D eigenvalue weighted by Crippen LogP contribution is -2.01. The Bertz CT molecular complexity index is 461. The molecule has 0 amide bonds. The van der Waals surface area contributed by atoms with Gasteiger partial charge in [-0.15, -0.1) is 0 Å². The third-order valence-corrected chi connectivity index (χ3v) is 2.22. The lowest BCUT2D eigenvalue weighted by atomic mass is 10.3. The molecule has 0 fully saturated rings. The standard InChI is InChI=1S/C13H14N2O/c1-11-5-2-8-14-13(11)15-9-3-6-12-7-4-10-16-12/h2-8,10H,9H2,1H3,(H,14,15)/b6-3+. The van der Waals surface area contributed by atoms with E-state index in [1.807, 2.05) is 43.3 Å². The fraction of sp³-hybridized carbons (Fsp3) is 0.154. The van der Waals surface area contributed by atoms with Crippen LogP contribution < -0.4 is 5.32 Å². The van der Waals surface area contributed by atoms with E-state index in [1.165, 1.54) is 0 Å². The predicted octanol–water partition coefficient (Wildman–Crippen LogP) is 3.11. The summed E-state index contributed by atoms with van der Waals surface area (Å²) in [5, 5.41) is 3.24. The first kappa shape index (κ1) is 10.5. The summed E-state index contributed by atoms with van der Waals surface area (Å²) in [6.45, 7) is 2.77. The van der Waals surface area contributed by atoms with Crippen LogP contribution in [0.3, 0.4) is 0 Å². The Balaban J connectivity index is 1.87. The number of furan rings is 1. The number of nitrogens with one attached hydrogen (secondary N) is 1. The zero-order chi connectivity index (χ0) is 11.2. The molecule has 0 spiro atoms. The average molecular weight is 214 g/mol. The van der Waals surface area contributed by atoms with E-state index in [-0.39, 0.29) is 0 Å². The highest BCUT2D eigenvalue weighted by molar-refractivity contribution is 5.46. The van der Waals surface area contributed by atoms with Crippen molar-refractivity contribution < 1.29 is 4.42 Å². The Labute approximate surface area is 94.8 Å². The molecule has 2 heterocycles. The van der Waals surface area contributed by atoms with Crippen molar-refractivity contribution in [1.29, 1.82) is 0 Å². The average Bonchev–Trinajstić information content (AvgIpc) is 2.79. The van der Waals surface area contributed by atoms with Gasteiger partial charge in [0, 0.05) is 12.7 Å². The van der Waals surface area contributed by atoms with E-state index in [1.54, 1.807) is 12.5 Å². The zero-order valence-electron chi connectivity index (χ0n) is 9.18. The molecule has 0 aromatic carbocycles. The van der Waals surface area contributed by atoms with E-state index in [9.17, 15) is 0 Å². The van der Waals surface area contributed by atoms with Gasteiger partial charge in [0.15, 0.2) is 0 Å². The van der Waals surface area contributed by atoms with E-state index in [4.69, 9.17) is 4.42 Å². The van der Waals surface area contributed by atoms with Gasteiger partial charge in [0.05, 0.1) is 6.26 Å². The second-order valence-electron chi connectivity index (χ2n) is 3.47. The van der Waals surface area contributed by atoms with E-state index in [2.05, 4.69) is 10.3 Å². The van der Waals surface area contributed by atoms with Crippen molar-refractivity contribution >= 4 is 11.9 Å². The van der Waals surface area contributed by atoms with Gasteiger partial charge in [-0.25, -0.2) is 4.98 Å². The van der Waals surface area contributed by atoms with Crippen LogP contribution >= 0.6 is 0 Å². The number of aromatic nitrogens is 1. The summed E-state index contributed by atoms with van der Waals surface area (Å²) in [5.41, 5.74) is 1.15. The molecular formula is C13H14N2O. The third-order valence-electron chi connectivity index (χ3n) is 2.22. The SMILES string of the molecule is Cc1cccnc1NC/C=C/c1ccco1. The van der Waals surface area contributed by atoms with Crippen molar-refractivity contribution in [2.24, 2.45) is 0 Å². The monoisotopic (exact) mass is 214 g/mol. The molecule has 3 nitrogen and oxygen atoms in total. The smallest absolute Gasteiger partial charge is 0.129 e. The summed E-state index contributed by atoms with van der Waals surface area (Å²) in [4.78, 5) is 4.24. The molecular weight excluding hydrogens is 200 g/mol. The van der Waals surface area contributed by atoms with Gasteiger partial charge in [0.25, 0.3) is 0 Å². The Morgan fingerprint density at radius 3 is 3.06 bits per heavy atom. The fourth-order valence-corrected chi connectivity index (χ4v) is 1.39. The van der Waals surface area contributed by atoms with Crippen molar-refractivity contribution in [3.05, 3.63) is 54.1 Å². The summed E-state index contributed by atoms with van der Waals surface area (Å²) >= 11 is 0. The molecule has 0 aliphatic carbocycles. The van der Waals surface area contributed by atoms with Crippen LogP contribution in [0.2, 0.25) is 0 Å². The van der Waals surface area contributed by atoms with Gasteiger partial charge < -0.3 is 9.73 Å². The largest absolute Gasteiger partial charge is 0.465 e. The quantitative estimate of drug-likeness (QED) is 0.849. The maximum atomic E-state index is 5.18. The van der Waals surface area contributed by atoms with Gasteiger partial charge in [0.2, 0.25) is 0 Å². The van der Waals surface area contributed by atoms with E-state index in [0.29, 0.717) is 0 Å².